The van der Waals surface area contributed by atoms with Crippen molar-refractivity contribution in [3.63, 3.8) is 0 Å². The van der Waals surface area contributed by atoms with E-state index in [1.165, 1.54) is 0 Å². The summed E-state index contributed by atoms with van der Waals surface area (Å²) in [5.41, 5.74) is 10.8. The molecule has 0 fully saturated rings. The highest BCUT2D eigenvalue weighted by Gasteiger charge is 2.14. The zero-order chi connectivity index (χ0) is 30.7. The fourth-order valence-corrected chi connectivity index (χ4v) is 5.56. The molecule has 0 aliphatic carbocycles. The van der Waals surface area contributed by atoms with E-state index >= 15 is 0 Å². The van der Waals surface area contributed by atoms with Gasteiger partial charge in [-0.1, -0.05) is 115 Å². The van der Waals surface area contributed by atoms with Gasteiger partial charge in [0.25, 0.3) is 0 Å². The fraction of sp³-hybridized carbons (Fsp3) is 0. The summed E-state index contributed by atoms with van der Waals surface area (Å²) in [5, 5.41) is 1.10. The second-order valence-corrected chi connectivity index (χ2v) is 11.0. The van der Waals surface area contributed by atoms with Crippen LogP contribution in [-0.4, -0.2) is 24.9 Å². The number of pyridine rings is 3. The molecule has 0 aliphatic rings. The number of rotatable bonds is 6. The van der Waals surface area contributed by atoms with Gasteiger partial charge in [0.15, 0.2) is 5.82 Å². The van der Waals surface area contributed by atoms with Crippen LogP contribution in [0.3, 0.4) is 0 Å². The molecule has 8 aromatic rings. The van der Waals surface area contributed by atoms with Crippen molar-refractivity contribution < 1.29 is 0 Å². The second-order valence-electron chi connectivity index (χ2n) is 11.0. The van der Waals surface area contributed by atoms with E-state index in [2.05, 4.69) is 54.6 Å². The Labute approximate surface area is 267 Å². The first-order valence-corrected chi connectivity index (χ1v) is 15.2. The number of hydrogen-bond acceptors (Lipinski definition) is 5. The van der Waals surface area contributed by atoms with Crippen LogP contribution in [0.4, 0.5) is 0 Å². The van der Waals surface area contributed by atoms with E-state index in [0.717, 1.165) is 72.9 Å². The van der Waals surface area contributed by atoms with Crippen LogP contribution in [-0.2, 0) is 0 Å². The van der Waals surface area contributed by atoms with Crippen LogP contribution in [0.15, 0.2) is 164 Å². The third-order valence-corrected chi connectivity index (χ3v) is 7.94. The van der Waals surface area contributed by atoms with Crippen molar-refractivity contribution in [2.75, 3.05) is 0 Å². The van der Waals surface area contributed by atoms with Crippen molar-refractivity contribution in [1.29, 1.82) is 0 Å². The molecule has 8 rings (SSSR count). The van der Waals surface area contributed by atoms with E-state index in [4.69, 9.17) is 24.9 Å². The van der Waals surface area contributed by atoms with Gasteiger partial charge in [0.05, 0.1) is 39.7 Å². The van der Waals surface area contributed by atoms with Gasteiger partial charge in [-0.15, -0.1) is 0 Å². The average Bonchev–Trinajstić information content (AvgIpc) is 3.15. The van der Waals surface area contributed by atoms with Crippen molar-refractivity contribution in [3.05, 3.63) is 164 Å². The van der Waals surface area contributed by atoms with Crippen molar-refractivity contribution in [2.45, 2.75) is 0 Å². The van der Waals surface area contributed by atoms with Gasteiger partial charge in [-0.25, -0.2) is 19.9 Å². The number of aromatic nitrogens is 5. The fourth-order valence-electron chi connectivity index (χ4n) is 5.56. The lowest BCUT2D eigenvalue weighted by atomic mass is 10.0. The summed E-state index contributed by atoms with van der Waals surface area (Å²) in [7, 11) is 0. The highest BCUT2D eigenvalue weighted by molar-refractivity contribution is 5.82. The number of hydrogen-bond donors (Lipinski definition) is 0. The smallest absolute Gasteiger partial charge is 0.160 e. The van der Waals surface area contributed by atoms with E-state index in [1.54, 1.807) is 0 Å². The molecule has 0 aliphatic heterocycles. The minimum atomic E-state index is 0.672. The quantitative estimate of drug-likeness (QED) is 0.193. The maximum Gasteiger partial charge on any atom is 0.160 e. The minimum absolute atomic E-state index is 0.672. The van der Waals surface area contributed by atoms with Gasteiger partial charge in [0.1, 0.15) is 0 Å². The van der Waals surface area contributed by atoms with Gasteiger partial charge in [0.2, 0.25) is 0 Å². The van der Waals surface area contributed by atoms with Crippen molar-refractivity contribution in [2.24, 2.45) is 0 Å². The largest absolute Gasteiger partial charge is 0.254 e. The first-order valence-electron chi connectivity index (χ1n) is 15.2. The molecule has 0 atom stereocenters. The molecule has 0 amide bonds. The molecule has 0 unspecified atom stereocenters. The number of fused-ring (bicyclic) bond motifs is 1. The molecule has 5 heteroatoms. The van der Waals surface area contributed by atoms with E-state index in [0.29, 0.717) is 5.82 Å². The molecule has 0 bridgehead atoms. The summed E-state index contributed by atoms with van der Waals surface area (Å²) < 4.78 is 0. The number of benzene rings is 4. The second kappa shape index (κ2) is 12.0. The van der Waals surface area contributed by atoms with Crippen molar-refractivity contribution in [1.82, 2.24) is 24.9 Å². The number of nitrogens with zero attached hydrogens (tertiary/aromatic N) is 5. The zero-order valence-electron chi connectivity index (χ0n) is 24.8. The summed E-state index contributed by atoms with van der Waals surface area (Å²) in [5.74, 6) is 0.672. The van der Waals surface area contributed by atoms with Crippen molar-refractivity contribution >= 4 is 10.9 Å². The summed E-state index contributed by atoms with van der Waals surface area (Å²) in [4.78, 5) is 24.8. The highest BCUT2D eigenvalue weighted by atomic mass is 14.9. The summed E-state index contributed by atoms with van der Waals surface area (Å²) in [6, 6.07) is 53.1. The maximum atomic E-state index is 5.07. The van der Waals surface area contributed by atoms with Crippen LogP contribution >= 0.6 is 0 Å². The Hall–Kier alpha value is -6.33. The Morgan fingerprint density at radius 3 is 1.59 bits per heavy atom. The first-order chi connectivity index (χ1) is 22.8. The van der Waals surface area contributed by atoms with E-state index < -0.39 is 0 Å². The number of para-hydroxylation sites is 1. The van der Waals surface area contributed by atoms with Gasteiger partial charge in [0, 0.05) is 28.3 Å². The third-order valence-electron chi connectivity index (χ3n) is 7.94. The molecule has 0 spiro atoms. The van der Waals surface area contributed by atoms with Gasteiger partial charge >= 0.3 is 0 Å². The SMILES string of the molecule is c1ccc(-c2cc(-c3ccc(-c4cc(-c5ccccc5)nc(-c5ccccc5)n4)cn3)nc(-c3ccc4ccccc4n3)c2)cc1. The Morgan fingerprint density at radius 1 is 0.304 bits per heavy atom. The van der Waals surface area contributed by atoms with Crippen LogP contribution in [0, 0.1) is 0 Å². The first kappa shape index (κ1) is 27.2. The predicted molar refractivity (Wildman–Crippen MR) is 186 cm³/mol. The predicted octanol–water partition coefficient (Wildman–Crippen LogP) is 9.82. The van der Waals surface area contributed by atoms with Crippen molar-refractivity contribution in [3.8, 4) is 67.8 Å². The lowest BCUT2D eigenvalue weighted by Gasteiger charge is -2.11. The molecule has 0 radical (unpaired) electrons. The highest BCUT2D eigenvalue weighted by Crippen LogP contribution is 2.32. The molecule has 5 nitrogen and oxygen atoms in total. The van der Waals surface area contributed by atoms with E-state index in [-0.39, 0.29) is 0 Å². The van der Waals surface area contributed by atoms with Crippen LogP contribution in [0.2, 0.25) is 0 Å². The van der Waals surface area contributed by atoms with Gasteiger partial charge < -0.3 is 0 Å². The molecular weight excluding hydrogens is 562 g/mol. The molecule has 0 saturated heterocycles. The minimum Gasteiger partial charge on any atom is -0.254 e. The molecule has 216 valence electrons. The molecule has 46 heavy (non-hydrogen) atoms. The average molecular weight is 590 g/mol. The molecule has 0 N–H and O–H groups in total. The van der Waals surface area contributed by atoms with Gasteiger partial charge in [-0.2, -0.15) is 0 Å². The van der Waals surface area contributed by atoms with E-state index in [9.17, 15) is 0 Å². The molecular formula is C41H27N5. The summed E-state index contributed by atoms with van der Waals surface area (Å²) in [6.07, 6.45) is 1.87. The summed E-state index contributed by atoms with van der Waals surface area (Å²) in [6.45, 7) is 0. The topological polar surface area (TPSA) is 64.5 Å². The van der Waals surface area contributed by atoms with Crippen LogP contribution < -0.4 is 0 Å². The Bertz CT molecular complexity index is 2230. The van der Waals surface area contributed by atoms with Gasteiger partial charge in [-0.05, 0) is 53.6 Å². The summed E-state index contributed by atoms with van der Waals surface area (Å²) >= 11 is 0. The Balaban J connectivity index is 1.22. The normalized spacial score (nSPS) is 11.0. The molecule has 4 heterocycles. The zero-order valence-corrected chi connectivity index (χ0v) is 24.8. The van der Waals surface area contributed by atoms with Crippen LogP contribution in [0.25, 0.3) is 78.7 Å². The van der Waals surface area contributed by atoms with Crippen LogP contribution in [0.5, 0.6) is 0 Å². The Kier molecular flexibility index (Phi) is 7.09. The third kappa shape index (κ3) is 5.53. The molecule has 4 aromatic heterocycles. The maximum absolute atomic E-state index is 5.07. The molecule has 4 aromatic carbocycles. The lowest BCUT2D eigenvalue weighted by Crippen LogP contribution is -1.97. The molecule has 0 saturated carbocycles. The Morgan fingerprint density at radius 2 is 0.891 bits per heavy atom. The van der Waals surface area contributed by atoms with E-state index in [1.807, 2.05) is 109 Å². The lowest BCUT2D eigenvalue weighted by molar-refractivity contribution is 1.17. The van der Waals surface area contributed by atoms with Gasteiger partial charge in [-0.3, -0.25) is 4.98 Å². The standard InChI is InChI=1S/C41H27N5/c1-4-12-28(13-5-1)33-24-39(44-40(25-33)36-23-20-30-16-10-11-19-34(30)43-36)35-22-21-32(27-42-35)38-26-37(29-14-6-2-7-15-29)45-41(46-38)31-17-8-3-9-18-31/h1-27H. The van der Waals surface area contributed by atoms with Crippen LogP contribution in [0.1, 0.15) is 0 Å². The monoisotopic (exact) mass is 589 g/mol.